The van der Waals surface area contributed by atoms with Crippen LogP contribution in [-0.4, -0.2) is 12.5 Å². The monoisotopic (exact) mass is 191 g/mol. The van der Waals surface area contributed by atoms with E-state index < -0.39 is 0 Å². The number of allylic oxidation sites excluding steroid dienone is 4. The number of carbonyl (C=O) groups is 1. The van der Waals surface area contributed by atoms with Crippen LogP contribution in [-0.2, 0) is 9.53 Å². The topological polar surface area (TPSA) is 38.3 Å². The van der Waals surface area contributed by atoms with Crippen molar-refractivity contribution in [3.8, 4) is 0 Å². The summed E-state index contributed by atoms with van der Waals surface area (Å²) in [4.78, 5) is 11.1. The molecule has 1 amide bonds. The molecule has 1 aliphatic carbocycles. The lowest BCUT2D eigenvalue weighted by molar-refractivity contribution is -0.125. The molecule has 0 aromatic rings. The summed E-state index contributed by atoms with van der Waals surface area (Å²) in [7, 11) is 0. The lowest BCUT2D eigenvalue weighted by Crippen LogP contribution is -2.34. The first kappa shape index (κ1) is 9.06. The molecule has 3 heteroatoms. The first-order valence-electron chi connectivity index (χ1n) is 4.67. The van der Waals surface area contributed by atoms with Crippen molar-refractivity contribution in [3.63, 3.8) is 0 Å². The Morgan fingerprint density at radius 2 is 2.14 bits per heavy atom. The lowest BCUT2D eigenvalue weighted by Gasteiger charge is -2.21. The molecule has 2 aliphatic rings. The number of hydrogen-bond acceptors (Lipinski definition) is 2. The fraction of sp³-hybridized carbons (Fsp3) is 0.364. The summed E-state index contributed by atoms with van der Waals surface area (Å²) in [5.41, 5.74) is 3.23. The van der Waals surface area contributed by atoms with E-state index >= 15 is 0 Å². The van der Waals surface area contributed by atoms with Gasteiger partial charge in [0.05, 0.1) is 5.70 Å². The van der Waals surface area contributed by atoms with Crippen molar-refractivity contribution < 1.29 is 9.53 Å². The van der Waals surface area contributed by atoms with Crippen LogP contribution in [0.4, 0.5) is 0 Å². The summed E-state index contributed by atoms with van der Waals surface area (Å²) in [6.45, 7) is 4.23. The molecule has 1 N–H and O–H groups in total. The summed E-state index contributed by atoms with van der Waals surface area (Å²) in [5, 5.41) is 2.80. The molecule has 1 fully saturated rings. The number of ether oxygens (including phenoxy) is 1. The van der Waals surface area contributed by atoms with Gasteiger partial charge >= 0.3 is 0 Å². The molecule has 1 heterocycles. The van der Waals surface area contributed by atoms with Gasteiger partial charge in [-0.25, -0.2) is 0 Å². The highest BCUT2D eigenvalue weighted by Gasteiger charge is 2.21. The van der Waals surface area contributed by atoms with E-state index in [9.17, 15) is 4.79 Å². The van der Waals surface area contributed by atoms with Gasteiger partial charge in [0.2, 0.25) is 0 Å². The number of hydrogen-bond donors (Lipinski definition) is 1. The third kappa shape index (κ3) is 1.58. The molecule has 3 nitrogen and oxygen atoms in total. The third-order valence-corrected chi connectivity index (χ3v) is 2.33. The fourth-order valence-corrected chi connectivity index (χ4v) is 1.71. The van der Waals surface area contributed by atoms with Crippen molar-refractivity contribution in [1.29, 1.82) is 0 Å². The van der Waals surface area contributed by atoms with Crippen molar-refractivity contribution in [2.45, 2.75) is 20.3 Å². The Kier molecular flexibility index (Phi) is 2.15. The van der Waals surface area contributed by atoms with Crippen molar-refractivity contribution >= 4 is 5.91 Å². The Balaban J connectivity index is 2.40. The molecule has 0 unspecified atom stereocenters. The average molecular weight is 191 g/mol. The average Bonchev–Trinajstić information content (AvgIpc) is 2.26. The fourth-order valence-electron chi connectivity index (χ4n) is 1.71. The van der Waals surface area contributed by atoms with Crippen LogP contribution in [0.5, 0.6) is 0 Å². The number of nitrogens with one attached hydrogen (secondary N) is 1. The van der Waals surface area contributed by atoms with Gasteiger partial charge in [-0.15, -0.1) is 0 Å². The molecule has 1 aliphatic heterocycles. The van der Waals surface area contributed by atoms with Crippen molar-refractivity contribution in [2.75, 3.05) is 6.61 Å². The number of carbonyl (C=O) groups excluding carboxylic acids is 1. The molecule has 74 valence electrons. The Bertz CT molecular complexity index is 375. The Morgan fingerprint density at radius 3 is 2.93 bits per heavy atom. The maximum absolute atomic E-state index is 11.1. The highest BCUT2D eigenvalue weighted by Crippen LogP contribution is 2.25. The standard InChI is InChI=1S/C11H13NO2/c1-7-3-4-9-11(8(2)5-7)14-6-10(13)12-9/h3-4H,5-6H2,1-2H3,(H,12,13). The van der Waals surface area contributed by atoms with E-state index in [4.69, 9.17) is 4.74 Å². The lowest BCUT2D eigenvalue weighted by atomic mass is 10.1. The zero-order valence-corrected chi connectivity index (χ0v) is 8.39. The van der Waals surface area contributed by atoms with Crippen LogP contribution in [0, 0.1) is 0 Å². The largest absolute Gasteiger partial charge is 0.482 e. The Morgan fingerprint density at radius 1 is 1.36 bits per heavy atom. The second-order valence-corrected chi connectivity index (χ2v) is 3.72. The number of rotatable bonds is 0. The maximum atomic E-state index is 11.1. The normalized spacial score (nSPS) is 21.4. The quantitative estimate of drug-likeness (QED) is 0.632. The molecule has 0 aromatic carbocycles. The molecule has 0 aromatic heterocycles. The van der Waals surface area contributed by atoms with Crippen molar-refractivity contribution in [2.24, 2.45) is 0 Å². The highest BCUT2D eigenvalue weighted by molar-refractivity contribution is 5.81. The van der Waals surface area contributed by atoms with Gasteiger partial charge < -0.3 is 10.1 Å². The van der Waals surface area contributed by atoms with Crippen LogP contribution in [0.15, 0.2) is 34.8 Å². The summed E-state index contributed by atoms with van der Waals surface area (Å²) in [6, 6.07) is 0. The van der Waals surface area contributed by atoms with E-state index in [-0.39, 0.29) is 12.5 Å². The van der Waals surface area contributed by atoms with Gasteiger partial charge in [0.15, 0.2) is 6.61 Å². The number of morpholine rings is 1. The molecule has 0 saturated carbocycles. The minimum absolute atomic E-state index is 0.0826. The molecular formula is C11H13NO2. The zero-order valence-electron chi connectivity index (χ0n) is 8.39. The van der Waals surface area contributed by atoms with Crippen molar-refractivity contribution in [1.82, 2.24) is 5.32 Å². The van der Waals surface area contributed by atoms with E-state index in [0.29, 0.717) is 0 Å². The molecule has 0 bridgehead atoms. The second-order valence-electron chi connectivity index (χ2n) is 3.72. The minimum atomic E-state index is -0.0826. The first-order valence-corrected chi connectivity index (χ1v) is 4.67. The summed E-state index contributed by atoms with van der Waals surface area (Å²) < 4.78 is 5.40. The maximum Gasteiger partial charge on any atom is 0.262 e. The van der Waals surface area contributed by atoms with Crippen LogP contribution in [0.25, 0.3) is 0 Å². The van der Waals surface area contributed by atoms with Gasteiger partial charge in [-0.05, 0) is 31.9 Å². The van der Waals surface area contributed by atoms with E-state index in [1.807, 2.05) is 19.1 Å². The molecule has 0 atom stereocenters. The number of fused-ring (bicyclic) bond motifs is 1. The van der Waals surface area contributed by atoms with Gasteiger partial charge in [0, 0.05) is 0 Å². The van der Waals surface area contributed by atoms with E-state index in [0.717, 1.165) is 17.9 Å². The molecule has 1 saturated heterocycles. The SMILES string of the molecule is CC1=CC=C2NC(=O)COC2=C(C)C1. The van der Waals surface area contributed by atoms with E-state index in [1.165, 1.54) is 11.1 Å². The van der Waals surface area contributed by atoms with E-state index in [2.05, 4.69) is 12.2 Å². The van der Waals surface area contributed by atoms with Gasteiger partial charge in [-0.2, -0.15) is 0 Å². The van der Waals surface area contributed by atoms with Crippen LogP contribution < -0.4 is 5.32 Å². The molecule has 2 rings (SSSR count). The third-order valence-electron chi connectivity index (χ3n) is 2.33. The Labute approximate surface area is 83.1 Å². The second kappa shape index (κ2) is 3.33. The highest BCUT2D eigenvalue weighted by atomic mass is 16.5. The van der Waals surface area contributed by atoms with Crippen LogP contribution in [0.1, 0.15) is 20.3 Å². The van der Waals surface area contributed by atoms with E-state index in [1.54, 1.807) is 0 Å². The van der Waals surface area contributed by atoms with Crippen LogP contribution in [0.2, 0.25) is 0 Å². The van der Waals surface area contributed by atoms with Gasteiger partial charge in [-0.3, -0.25) is 4.79 Å². The summed E-state index contributed by atoms with van der Waals surface area (Å²) >= 11 is 0. The van der Waals surface area contributed by atoms with Crippen LogP contribution in [0.3, 0.4) is 0 Å². The summed E-state index contributed by atoms with van der Waals surface area (Å²) in [5.74, 6) is 0.749. The van der Waals surface area contributed by atoms with Crippen LogP contribution >= 0.6 is 0 Å². The Hall–Kier alpha value is -1.51. The van der Waals surface area contributed by atoms with Crippen molar-refractivity contribution in [3.05, 3.63) is 34.8 Å². The predicted molar refractivity (Wildman–Crippen MR) is 53.3 cm³/mol. The van der Waals surface area contributed by atoms with Gasteiger partial charge in [-0.1, -0.05) is 11.6 Å². The molecule has 0 radical (unpaired) electrons. The zero-order chi connectivity index (χ0) is 10.1. The molecule has 0 spiro atoms. The van der Waals surface area contributed by atoms with Gasteiger partial charge in [0.25, 0.3) is 5.91 Å². The first-order chi connectivity index (χ1) is 6.66. The minimum Gasteiger partial charge on any atom is -0.482 e. The number of amides is 1. The smallest absolute Gasteiger partial charge is 0.262 e. The predicted octanol–water partition coefficient (Wildman–Crippen LogP) is 1.64. The molecular weight excluding hydrogens is 178 g/mol. The molecule has 14 heavy (non-hydrogen) atoms. The summed E-state index contributed by atoms with van der Waals surface area (Å²) in [6.07, 6.45) is 4.82. The van der Waals surface area contributed by atoms with Gasteiger partial charge in [0.1, 0.15) is 5.76 Å².